The molecule has 1 aromatic carbocycles. The van der Waals surface area contributed by atoms with Gasteiger partial charge in [-0.15, -0.1) is 0 Å². The van der Waals surface area contributed by atoms with Gasteiger partial charge in [0.15, 0.2) is 6.29 Å². The molecule has 2 saturated heterocycles. The lowest BCUT2D eigenvalue weighted by Gasteiger charge is -2.27. The molecule has 5 heteroatoms. The quantitative estimate of drug-likeness (QED) is 0.823. The molecule has 104 valence electrons. The number of rotatable bonds is 4. The zero-order chi connectivity index (χ0) is 12.9. The van der Waals surface area contributed by atoms with E-state index in [4.69, 9.17) is 18.9 Å². The van der Waals surface area contributed by atoms with E-state index in [1.54, 1.807) is 0 Å². The Morgan fingerprint density at radius 3 is 2.58 bits per heavy atom. The van der Waals surface area contributed by atoms with Gasteiger partial charge in [-0.2, -0.15) is 0 Å². The van der Waals surface area contributed by atoms with Gasteiger partial charge in [-0.05, 0) is 6.07 Å². The van der Waals surface area contributed by atoms with Gasteiger partial charge in [-0.25, -0.2) is 0 Å². The van der Waals surface area contributed by atoms with Crippen molar-refractivity contribution >= 4 is 0 Å². The minimum atomic E-state index is -0.291. The molecule has 0 unspecified atom stereocenters. The molecule has 1 aromatic rings. The second-order valence-corrected chi connectivity index (χ2v) is 4.62. The van der Waals surface area contributed by atoms with Crippen molar-refractivity contribution in [2.24, 2.45) is 0 Å². The molecule has 5 nitrogen and oxygen atoms in total. The normalized spacial score (nSPS) is 21.7. The van der Waals surface area contributed by atoms with Gasteiger partial charge >= 0.3 is 0 Å². The standard InChI is InChI=1S/C14H19NO4/c1-2-4-13(12(3-1)14-17-9-10-18-14)19-11-15-5-7-16-8-6-15/h1-4,14H,5-11H2. The predicted molar refractivity (Wildman–Crippen MR) is 69.0 cm³/mol. The fourth-order valence-corrected chi connectivity index (χ4v) is 2.24. The molecule has 0 aliphatic carbocycles. The van der Waals surface area contributed by atoms with Crippen LogP contribution in [0.1, 0.15) is 11.9 Å². The Kier molecular flexibility index (Phi) is 4.30. The minimum absolute atomic E-state index is 0.291. The van der Waals surface area contributed by atoms with Gasteiger partial charge in [0, 0.05) is 18.7 Å². The Hall–Kier alpha value is -1.14. The lowest BCUT2D eigenvalue weighted by atomic mass is 10.2. The van der Waals surface area contributed by atoms with Crippen LogP contribution in [0.3, 0.4) is 0 Å². The van der Waals surface area contributed by atoms with E-state index in [1.165, 1.54) is 0 Å². The average Bonchev–Trinajstić information content (AvgIpc) is 3.01. The SMILES string of the molecule is c1ccc(C2OCCO2)c(OCN2CCOCC2)c1. The highest BCUT2D eigenvalue weighted by atomic mass is 16.7. The molecule has 0 N–H and O–H groups in total. The van der Waals surface area contributed by atoms with Crippen LogP contribution in [0.25, 0.3) is 0 Å². The summed E-state index contributed by atoms with van der Waals surface area (Å²) in [5.41, 5.74) is 0.966. The molecule has 0 aromatic heterocycles. The number of benzene rings is 1. The second-order valence-electron chi connectivity index (χ2n) is 4.62. The van der Waals surface area contributed by atoms with Crippen molar-refractivity contribution in [3.8, 4) is 5.75 Å². The topological polar surface area (TPSA) is 40.2 Å². The van der Waals surface area contributed by atoms with Crippen molar-refractivity contribution in [3.05, 3.63) is 29.8 Å². The van der Waals surface area contributed by atoms with Gasteiger partial charge in [0.1, 0.15) is 12.5 Å². The molecule has 0 radical (unpaired) electrons. The maximum absolute atomic E-state index is 5.90. The molecule has 0 amide bonds. The Morgan fingerprint density at radius 2 is 1.79 bits per heavy atom. The second kappa shape index (κ2) is 6.34. The van der Waals surface area contributed by atoms with Crippen LogP contribution < -0.4 is 4.74 Å². The molecule has 0 spiro atoms. The summed E-state index contributed by atoms with van der Waals surface area (Å²) >= 11 is 0. The highest BCUT2D eigenvalue weighted by Gasteiger charge is 2.22. The summed E-state index contributed by atoms with van der Waals surface area (Å²) in [6.07, 6.45) is -0.291. The van der Waals surface area contributed by atoms with Crippen molar-refractivity contribution in [2.45, 2.75) is 6.29 Å². The number of hydrogen-bond donors (Lipinski definition) is 0. The molecule has 2 fully saturated rings. The van der Waals surface area contributed by atoms with Gasteiger partial charge in [0.2, 0.25) is 0 Å². The van der Waals surface area contributed by atoms with Crippen molar-refractivity contribution in [2.75, 3.05) is 46.2 Å². The summed E-state index contributed by atoms with van der Waals surface area (Å²) < 4.78 is 22.3. The maximum Gasteiger partial charge on any atom is 0.187 e. The van der Waals surface area contributed by atoms with Crippen LogP contribution in [0.15, 0.2) is 24.3 Å². The zero-order valence-corrected chi connectivity index (χ0v) is 10.9. The third kappa shape index (κ3) is 3.25. The minimum Gasteiger partial charge on any atom is -0.478 e. The lowest BCUT2D eigenvalue weighted by Crippen LogP contribution is -2.38. The average molecular weight is 265 g/mol. The maximum atomic E-state index is 5.90. The smallest absolute Gasteiger partial charge is 0.187 e. The molecule has 2 aliphatic rings. The van der Waals surface area contributed by atoms with Crippen LogP contribution in [-0.4, -0.2) is 51.1 Å². The van der Waals surface area contributed by atoms with Crippen molar-refractivity contribution in [1.82, 2.24) is 4.90 Å². The molecule has 19 heavy (non-hydrogen) atoms. The zero-order valence-electron chi connectivity index (χ0n) is 10.9. The highest BCUT2D eigenvalue weighted by molar-refractivity contribution is 5.34. The van der Waals surface area contributed by atoms with Crippen molar-refractivity contribution in [1.29, 1.82) is 0 Å². The monoisotopic (exact) mass is 265 g/mol. The van der Waals surface area contributed by atoms with Crippen molar-refractivity contribution < 1.29 is 18.9 Å². The van der Waals surface area contributed by atoms with Gasteiger partial charge in [-0.1, -0.05) is 18.2 Å². The van der Waals surface area contributed by atoms with E-state index < -0.39 is 0 Å². The molecule has 0 atom stereocenters. The summed E-state index contributed by atoms with van der Waals surface area (Å²) in [6, 6.07) is 7.89. The third-order valence-electron chi connectivity index (χ3n) is 3.30. The molecular weight excluding hydrogens is 246 g/mol. The van der Waals surface area contributed by atoms with E-state index in [-0.39, 0.29) is 6.29 Å². The van der Waals surface area contributed by atoms with Gasteiger partial charge in [-0.3, -0.25) is 4.90 Å². The Balaban J connectivity index is 1.62. The van der Waals surface area contributed by atoms with E-state index in [9.17, 15) is 0 Å². The van der Waals surface area contributed by atoms with E-state index in [1.807, 2.05) is 24.3 Å². The lowest BCUT2D eigenvalue weighted by molar-refractivity contribution is -0.0475. The van der Waals surface area contributed by atoms with Crippen LogP contribution in [0, 0.1) is 0 Å². The van der Waals surface area contributed by atoms with E-state index in [0.717, 1.165) is 37.6 Å². The van der Waals surface area contributed by atoms with Gasteiger partial charge in [0.05, 0.1) is 26.4 Å². The largest absolute Gasteiger partial charge is 0.478 e. The first-order valence-corrected chi connectivity index (χ1v) is 6.68. The van der Waals surface area contributed by atoms with Crippen molar-refractivity contribution in [3.63, 3.8) is 0 Å². The molecule has 0 bridgehead atoms. The van der Waals surface area contributed by atoms with E-state index in [0.29, 0.717) is 19.9 Å². The Labute approximate surface area is 113 Å². The number of para-hydroxylation sites is 1. The summed E-state index contributed by atoms with van der Waals surface area (Å²) in [5, 5.41) is 0. The summed E-state index contributed by atoms with van der Waals surface area (Å²) in [4.78, 5) is 2.23. The van der Waals surface area contributed by atoms with Crippen LogP contribution in [0.2, 0.25) is 0 Å². The highest BCUT2D eigenvalue weighted by Crippen LogP contribution is 2.31. The fraction of sp³-hybridized carbons (Fsp3) is 0.571. The third-order valence-corrected chi connectivity index (χ3v) is 3.30. The van der Waals surface area contributed by atoms with E-state index in [2.05, 4.69) is 4.90 Å². The van der Waals surface area contributed by atoms with Gasteiger partial charge < -0.3 is 18.9 Å². The number of morpholine rings is 1. The first kappa shape index (κ1) is 12.9. The van der Waals surface area contributed by atoms with E-state index >= 15 is 0 Å². The number of nitrogens with zero attached hydrogens (tertiary/aromatic N) is 1. The Morgan fingerprint density at radius 1 is 1.05 bits per heavy atom. The van der Waals surface area contributed by atoms with Crippen LogP contribution >= 0.6 is 0 Å². The Bertz CT molecular complexity index is 400. The van der Waals surface area contributed by atoms with Gasteiger partial charge in [0.25, 0.3) is 0 Å². The molecule has 2 heterocycles. The van der Waals surface area contributed by atoms with Crippen LogP contribution in [0.5, 0.6) is 5.75 Å². The molecular formula is C14H19NO4. The van der Waals surface area contributed by atoms with Crippen LogP contribution in [0.4, 0.5) is 0 Å². The molecule has 3 rings (SSSR count). The molecule has 0 saturated carbocycles. The predicted octanol–water partition coefficient (Wildman–Crippen LogP) is 1.40. The first-order valence-electron chi connectivity index (χ1n) is 6.68. The summed E-state index contributed by atoms with van der Waals surface area (Å²) in [7, 11) is 0. The molecule has 2 aliphatic heterocycles. The number of hydrogen-bond acceptors (Lipinski definition) is 5. The summed E-state index contributed by atoms with van der Waals surface area (Å²) in [5.74, 6) is 0.834. The number of ether oxygens (including phenoxy) is 4. The first-order chi connectivity index (χ1) is 9.43. The van der Waals surface area contributed by atoms with Crippen LogP contribution in [-0.2, 0) is 14.2 Å². The summed E-state index contributed by atoms with van der Waals surface area (Å²) in [6.45, 7) is 5.24. The fourth-order valence-electron chi connectivity index (χ4n) is 2.24.